The summed E-state index contributed by atoms with van der Waals surface area (Å²) in [7, 11) is 6.99. The van der Waals surface area contributed by atoms with Crippen LogP contribution in [0, 0.1) is 10.1 Å². The number of nitro groups is 1. The Labute approximate surface area is 170 Å². The van der Waals surface area contributed by atoms with Crippen molar-refractivity contribution in [1.82, 2.24) is 10.2 Å². The summed E-state index contributed by atoms with van der Waals surface area (Å²) >= 11 is 0. The summed E-state index contributed by atoms with van der Waals surface area (Å²) in [5, 5.41) is 15.1. The van der Waals surface area contributed by atoms with Gasteiger partial charge in [0, 0.05) is 13.1 Å². The molecule has 8 nitrogen and oxygen atoms in total. The minimum absolute atomic E-state index is 0.000639. The highest BCUT2D eigenvalue weighted by Crippen LogP contribution is 2.41. The fourth-order valence-electron chi connectivity index (χ4n) is 3.53. The minimum Gasteiger partial charge on any atom is -0.493 e. The molecule has 0 saturated heterocycles. The standard InChI is InChI=1S/C21H27N3O5/c1-23(2)9-10-29-15-5-6-16-14(11-15)7-8-22-21(16)17-12-19(27-3)20(28-4)13-18(17)24(25)26/h5-6,11-13,21-22H,7-10H2,1-4H3. The molecule has 1 aliphatic rings. The number of methoxy groups -OCH3 is 2. The summed E-state index contributed by atoms with van der Waals surface area (Å²) in [5.74, 6) is 1.61. The molecule has 0 aliphatic carbocycles. The zero-order valence-electron chi connectivity index (χ0n) is 17.2. The van der Waals surface area contributed by atoms with Crippen LogP contribution in [0.25, 0.3) is 0 Å². The first-order chi connectivity index (χ1) is 13.9. The van der Waals surface area contributed by atoms with Gasteiger partial charge in [-0.05, 0) is 49.8 Å². The van der Waals surface area contributed by atoms with E-state index < -0.39 is 0 Å². The van der Waals surface area contributed by atoms with Gasteiger partial charge in [-0.2, -0.15) is 0 Å². The maximum absolute atomic E-state index is 11.7. The molecule has 156 valence electrons. The number of rotatable bonds is 8. The SMILES string of the molecule is COc1cc(C2NCCc3cc(OCCN(C)C)ccc32)c([N+](=O)[O-])cc1OC. The van der Waals surface area contributed by atoms with Crippen molar-refractivity contribution in [2.24, 2.45) is 0 Å². The van der Waals surface area contributed by atoms with E-state index in [0.717, 1.165) is 29.8 Å². The van der Waals surface area contributed by atoms with E-state index in [-0.39, 0.29) is 16.7 Å². The van der Waals surface area contributed by atoms with Crippen LogP contribution in [0.3, 0.4) is 0 Å². The monoisotopic (exact) mass is 401 g/mol. The van der Waals surface area contributed by atoms with Gasteiger partial charge in [0.1, 0.15) is 12.4 Å². The summed E-state index contributed by atoms with van der Waals surface area (Å²) < 4.78 is 16.5. The molecule has 0 fully saturated rings. The largest absolute Gasteiger partial charge is 0.493 e. The lowest BCUT2D eigenvalue weighted by atomic mass is 9.88. The van der Waals surface area contributed by atoms with Gasteiger partial charge in [0.05, 0.1) is 36.8 Å². The van der Waals surface area contributed by atoms with E-state index in [4.69, 9.17) is 14.2 Å². The number of nitro benzene ring substituents is 1. The van der Waals surface area contributed by atoms with Crippen LogP contribution in [0.15, 0.2) is 30.3 Å². The number of nitrogens with one attached hydrogen (secondary N) is 1. The molecule has 0 radical (unpaired) electrons. The lowest BCUT2D eigenvalue weighted by Gasteiger charge is -2.28. The molecule has 29 heavy (non-hydrogen) atoms. The summed E-state index contributed by atoms with van der Waals surface area (Å²) in [5.41, 5.74) is 2.68. The second kappa shape index (κ2) is 9.11. The molecule has 1 N–H and O–H groups in total. The second-order valence-corrected chi connectivity index (χ2v) is 7.17. The van der Waals surface area contributed by atoms with E-state index in [0.29, 0.717) is 30.2 Å². The maximum atomic E-state index is 11.7. The number of nitrogens with zero attached hydrogens (tertiary/aromatic N) is 2. The van der Waals surface area contributed by atoms with E-state index in [2.05, 4.69) is 10.2 Å². The quantitative estimate of drug-likeness (QED) is 0.538. The van der Waals surface area contributed by atoms with Crippen molar-refractivity contribution in [3.05, 3.63) is 57.1 Å². The zero-order chi connectivity index (χ0) is 21.0. The first kappa shape index (κ1) is 20.9. The molecule has 0 bridgehead atoms. The second-order valence-electron chi connectivity index (χ2n) is 7.17. The minimum atomic E-state index is -0.383. The molecule has 8 heteroatoms. The van der Waals surface area contributed by atoms with Gasteiger partial charge >= 0.3 is 0 Å². The number of hydrogen-bond acceptors (Lipinski definition) is 7. The Morgan fingerprint density at radius 3 is 2.52 bits per heavy atom. The molecular formula is C21H27N3O5. The molecule has 0 aromatic heterocycles. The molecule has 1 atom stereocenters. The Hall–Kier alpha value is -2.84. The number of benzene rings is 2. The van der Waals surface area contributed by atoms with Crippen molar-refractivity contribution in [1.29, 1.82) is 0 Å². The third-order valence-corrected chi connectivity index (χ3v) is 5.02. The van der Waals surface area contributed by atoms with Crippen LogP contribution in [0.2, 0.25) is 0 Å². The third kappa shape index (κ3) is 4.60. The van der Waals surface area contributed by atoms with Crippen molar-refractivity contribution in [2.75, 3.05) is 48.0 Å². The van der Waals surface area contributed by atoms with Crippen LogP contribution in [0.4, 0.5) is 5.69 Å². The number of ether oxygens (including phenoxy) is 3. The van der Waals surface area contributed by atoms with Crippen LogP contribution >= 0.6 is 0 Å². The van der Waals surface area contributed by atoms with Crippen molar-refractivity contribution in [3.63, 3.8) is 0 Å². The summed E-state index contributed by atoms with van der Waals surface area (Å²) in [6, 6.07) is 8.73. The maximum Gasteiger partial charge on any atom is 0.278 e. The van der Waals surface area contributed by atoms with Crippen molar-refractivity contribution in [2.45, 2.75) is 12.5 Å². The van der Waals surface area contributed by atoms with Crippen molar-refractivity contribution < 1.29 is 19.1 Å². The van der Waals surface area contributed by atoms with Crippen LogP contribution < -0.4 is 19.5 Å². The molecule has 3 rings (SSSR count). The van der Waals surface area contributed by atoms with Crippen molar-refractivity contribution in [3.8, 4) is 17.2 Å². The topological polar surface area (TPSA) is 86.1 Å². The van der Waals surface area contributed by atoms with E-state index in [1.807, 2.05) is 32.3 Å². The Bertz CT molecular complexity index is 885. The van der Waals surface area contributed by atoms with E-state index in [9.17, 15) is 10.1 Å². The number of likely N-dealkylation sites (N-methyl/N-ethyl adjacent to an activating group) is 1. The van der Waals surface area contributed by atoms with E-state index >= 15 is 0 Å². The fourth-order valence-corrected chi connectivity index (χ4v) is 3.53. The highest BCUT2D eigenvalue weighted by atomic mass is 16.6. The molecule has 0 spiro atoms. The van der Waals surface area contributed by atoms with Crippen molar-refractivity contribution >= 4 is 5.69 Å². The van der Waals surface area contributed by atoms with Gasteiger partial charge in [-0.25, -0.2) is 0 Å². The molecule has 1 aliphatic heterocycles. The lowest BCUT2D eigenvalue weighted by Crippen LogP contribution is -2.31. The molecule has 2 aromatic rings. The smallest absolute Gasteiger partial charge is 0.278 e. The summed E-state index contributed by atoms with van der Waals surface area (Å²) in [6.45, 7) is 2.15. The molecule has 0 saturated carbocycles. The average Bonchev–Trinajstić information content (AvgIpc) is 2.71. The predicted octanol–water partition coefficient (Wildman–Crippen LogP) is 2.79. The normalized spacial score (nSPS) is 15.7. The Morgan fingerprint density at radius 2 is 1.86 bits per heavy atom. The summed E-state index contributed by atoms with van der Waals surface area (Å²) in [4.78, 5) is 13.4. The number of fused-ring (bicyclic) bond motifs is 1. The molecule has 0 amide bonds. The molecule has 2 aromatic carbocycles. The lowest BCUT2D eigenvalue weighted by molar-refractivity contribution is -0.385. The highest BCUT2D eigenvalue weighted by molar-refractivity contribution is 5.58. The van der Waals surface area contributed by atoms with Gasteiger partial charge in [0.25, 0.3) is 5.69 Å². The van der Waals surface area contributed by atoms with Crippen LogP contribution in [0.1, 0.15) is 22.7 Å². The van der Waals surface area contributed by atoms with Crippen LogP contribution in [0.5, 0.6) is 17.2 Å². The fraction of sp³-hybridized carbons (Fsp3) is 0.429. The Morgan fingerprint density at radius 1 is 1.14 bits per heavy atom. The van der Waals surface area contributed by atoms with Gasteiger partial charge < -0.3 is 24.4 Å². The van der Waals surface area contributed by atoms with Gasteiger partial charge in [-0.3, -0.25) is 10.1 Å². The number of hydrogen-bond donors (Lipinski definition) is 1. The van der Waals surface area contributed by atoms with E-state index in [1.54, 1.807) is 6.07 Å². The van der Waals surface area contributed by atoms with Crippen LogP contribution in [-0.4, -0.2) is 57.8 Å². The Balaban J connectivity index is 1.97. The third-order valence-electron chi connectivity index (χ3n) is 5.02. The first-order valence-electron chi connectivity index (χ1n) is 9.48. The summed E-state index contributed by atoms with van der Waals surface area (Å²) in [6.07, 6.45) is 0.831. The van der Waals surface area contributed by atoms with Crippen LogP contribution in [-0.2, 0) is 6.42 Å². The molecule has 1 unspecified atom stereocenters. The molecular weight excluding hydrogens is 374 g/mol. The van der Waals surface area contributed by atoms with Gasteiger partial charge in [-0.15, -0.1) is 0 Å². The Kier molecular flexibility index (Phi) is 6.56. The molecule has 1 heterocycles. The van der Waals surface area contributed by atoms with E-state index in [1.165, 1.54) is 20.3 Å². The highest BCUT2D eigenvalue weighted by Gasteiger charge is 2.30. The average molecular weight is 401 g/mol. The zero-order valence-corrected chi connectivity index (χ0v) is 17.2. The predicted molar refractivity (Wildman–Crippen MR) is 110 cm³/mol. The van der Waals surface area contributed by atoms with Gasteiger partial charge in [0.2, 0.25) is 0 Å². The first-order valence-corrected chi connectivity index (χ1v) is 9.48. The van der Waals surface area contributed by atoms with Gasteiger partial charge in [0.15, 0.2) is 11.5 Å². The van der Waals surface area contributed by atoms with Gasteiger partial charge in [-0.1, -0.05) is 6.07 Å².